The van der Waals surface area contributed by atoms with Gasteiger partial charge in [-0.3, -0.25) is 23.7 Å². The molecule has 13 nitrogen and oxygen atoms in total. The lowest BCUT2D eigenvalue weighted by molar-refractivity contribution is -0.888. The molecule has 0 saturated heterocycles. The number of rotatable bonds is 22. The average molecular weight is 841 g/mol. The first-order valence-electron chi connectivity index (χ1n) is 21.4. The highest BCUT2D eigenvalue weighted by atomic mass is 16.5. The Morgan fingerprint density at radius 2 is 1.41 bits per heavy atom. The van der Waals surface area contributed by atoms with Gasteiger partial charge in [-0.05, 0) is 110 Å². The molecule has 1 aliphatic carbocycles. The number of likely N-dealkylation sites (N-methyl/N-ethyl adjacent to an activating group) is 1. The number of aromatic hydroxyl groups is 1. The van der Waals surface area contributed by atoms with Crippen molar-refractivity contribution in [2.45, 2.75) is 90.8 Å². The van der Waals surface area contributed by atoms with Crippen LogP contribution in [0.25, 0.3) is 49.2 Å². The number of nitrogens with one attached hydrogen (secondary N) is 1. The van der Waals surface area contributed by atoms with E-state index in [1.54, 1.807) is 6.07 Å². The van der Waals surface area contributed by atoms with Gasteiger partial charge in [0.1, 0.15) is 12.4 Å². The maximum atomic E-state index is 14.7. The van der Waals surface area contributed by atoms with Crippen molar-refractivity contribution in [3.8, 4) is 11.5 Å². The molecule has 5 aromatic rings. The van der Waals surface area contributed by atoms with Crippen LogP contribution in [-0.2, 0) is 45.1 Å². The number of methoxy groups -OCH3 is 1. The van der Waals surface area contributed by atoms with Gasteiger partial charge >= 0.3 is 11.9 Å². The Kier molecular flexibility index (Phi) is 14.4. The zero-order valence-electron chi connectivity index (χ0n) is 36.8. The third kappa shape index (κ3) is 9.55. The summed E-state index contributed by atoms with van der Waals surface area (Å²) in [7, 11) is 11.2. The van der Waals surface area contributed by atoms with Gasteiger partial charge in [0.15, 0.2) is 11.2 Å². The van der Waals surface area contributed by atoms with Crippen LogP contribution in [0.5, 0.6) is 11.5 Å². The minimum atomic E-state index is -0.478. The molecule has 0 aromatic heterocycles. The van der Waals surface area contributed by atoms with Crippen LogP contribution in [0.15, 0.2) is 27.3 Å². The number of quaternary nitrogens is 1. The van der Waals surface area contributed by atoms with E-state index in [2.05, 4.69) is 5.32 Å². The van der Waals surface area contributed by atoms with Gasteiger partial charge in [0.05, 0.1) is 52.2 Å². The highest BCUT2D eigenvalue weighted by Crippen LogP contribution is 2.52. The normalized spacial score (nSPS) is 12.9. The number of esters is 2. The third-order valence-electron chi connectivity index (χ3n) is 11.6. The van der Waals surface area contributed by atoms with E-state index >= 15 is 0 Å². The summed E-state index contributed by atoms with van der Waals surface area (Å²) in [4.78, 5) is 55.3. The lowest BCUT2D eigenvalue weighted by atomic mass is 9.80. The van der Waals surface area contributed by atoms with Gasteiger partial charge in [-0.1, -0.05) is 30.9 Å². The van der Waals surface area contributed by atoms with E-state index in [4.69, 9.17) is 14.2 Å². The summed E-state index contributed by atoms with van der Waals surface area (Å²) >= 11 is 0. The van der Waals surface area contributed by atoms with Gasteiger partial charge in [0.25, 0.3) is 0 Å². The molecule has 0 spiro atoms. The van der Waals surface area contributed by atoms with Crippen molar-refractivity contribution in [3.63, 3.8) is 0 Å². The van der Waals surface area contributed by atoms with Gasteiger partial charge in [-0.2, -0.15) is 0 Å². The Morgan fingerprint density at radius 1 is 0.787 bits per heavy atom. The molecule has 0 atom stereocenters. The number of aliphatic hydroxyl groups is 2. The number of aliphatic hydroxyl groups excluding tert-OH is 2. The average Bonchev–Trinajstić information content (AvgIpc) is 3.36. The van der Waals surface area contributed by atoms with Crippen LogP contribution < -0.4 is 20.9 Å². The maximum absolute atomic E-state index is 14.7. The van der Waals surface area contributed by atoms with Crippen molar-refractivity contribution in [1.29, 1.82) is 0 Å². The first-order valence-corrected chi connectivity index (χ1v) is 21.4. The predicted octanol–water partition coefficient (Wildman–Crippen LogP) is 6.33. The second-order valence-electron chi connectivity index (χ2n) is 17.8. The van der Waals surface area contributed by atoms with Crippen molar-refractivity contribution in [1.82, 2.24) is 4.90 Å². The van der Waals surface area contributed by atoms with Crippen LogP contribution in [-0.4, -0.2) is 105 Å². The minimum absolute atomic E-state index is 0.112. The molecule has 6 rings (SSSR count). The van der Waals surface area contributed by atoms with Crippen molar-refractivity contribution < 1.29 is 43.6 Å². The molecule has 1 aliphatic rings. The predicted molar refractivity (Wildman–Crippen MR) is 241 cm³/mol. The van der Waals surface area contributed by atoms with Crippen LogP contribution in [0.2, 0.25) is 0 Å². The summed E-state index contributed by atoms with van der Waals surface area (Å²) in [6, 6.07) is 3.11. The van der Waals surface area contributed by atoms with Crippen LogP contribution >= 0.6 is 0 Å². The number of ether oxygens (including phenoxy) is 3. The van der Waals surface area contributed by atoms with E-state index in [9.17, 15) is 34.5 Å². The monoisotopic (exact) mass is 840 g/mol. The molecule has 0 amide bonds. The number of carbonyl (C=O) groups excluding carboxylic acids is 2. The van der Waals surface area contributed by atoms with Crippen molar-refractivity contribution >= 4 is 66.8 Å². The van der Waals surface area contributed by atoms with E-state index in [1.165, 1.54) is 13.2 Å². The number of allylic oxidation sites excluding steroid dienone is 1. The summed E-state index contributed by atoms with van der Waals surface area (Å²) in [5.41, 5.74) is 3.58. The summed E-state index contributed by atoms with van der Waals surface area (Å²) in [5, 5.41) is 41.5. The molecule has 0 unspecified atom stereocenters. The van der Waals surface area contributed by atoms with E-state index in [1.807, 2.05) is 53.1 Å². The van der Waals surface area contributed by atoms with Crippen molar-refractivity contribution in [2.75, 3.05) is 74.1 Å². The van der Waals surface area contributed by atoms with E-state index < -0.39 is 18.6 Å². The summed E-state index contributed by atoms with van der Waals surface area (Å²) < 4.78 is 17.2. The Bertz CT molecular complexity index is 2580. The van der Waals surface area contributed by atoms with Crippen LogP contribution in [0.4, 0.5) is 5.69 Å². The number of benzene rings is 5. The van der Waals surface area contributed by atoms with Gasteiger partial charge in [0, 0.05) is 53.5 Å². The lowest BCUT2D eigenvalue weighted by Gasteiger charge is -2.25. The quantitative estimate of drug-likeness (QED) is 0.0153. The molecule has 13 heteroatoms. The Balaban J connectivity index is 1.43. The number of unbranched alkanes of at least 4 members (excludes halogenated alkanes) is 5. The minimum Gasteiger partial charge on any atom is -0.507 e. The largest absolute Gasteiger partial charge is 0.507 e. The first-order chi connectivity index (χ1) is 29.1. The van der Waals surface area contributed by atoms with Crippen molar-refractivity contribution in [3.05, 3.63) is 66.0 Å². The molecule has 0 fully saturated rings. The summed E-state index contributed by atoms with van der Waals surface area (Å²) in [6.45, 7) is 2.91. The molecule has 0 aliphatic heterocycles. The molecule has 0 heterocycles. The smallest absolute Gasteiger partial charge is 0.310 e. The number of phenolic OH excluding ortho intramolecular Hbond substituents is 1. The Hall–Kier alpha value is -5.08. The summed E-state index contributed by atoms with van der Waals surface area (Å²) in [5.74, 6) is -0.376. The number of anilines is 1. The molecule has 0 saturated carbocycles. The number of hydrogen-bond donors (Lipinski definition) is 4. The molecule has 4 N–H and O–H groups in total. The molecule has 0 bridgehead atoms. The van der Waals surface area contributed by atoms with E-state index in [0.29, 0.717) is 143 Å². The zero-order valence-corrected chi connectivity index (χ0v) is 36.8. The van der Waals surface area contributed by atoms with Gasteiger partial charge in [-0.15, -0.1) is 0 Å². The topological polar surface area (TPSA) is 172 Å². The van der Waals surface area contributed by atoms with Crippen LogP contribution in [0.3, 0.4) is 0 Å². The second kappa shape index (κ2) is 19.3. The Morgan fingerprint density at radius 3 is 2.05 bits per heavy atom. The van der Waals surface area contributed by atoms with Crippen LogP contribution in [0.1, 0.15) is 92.5 Å². The lowest BCUT2D eigenvalue weighted by Crippen LogP contribution is -2.37. The number of carbonyl (C=O) groups is 2. The first kappa shape index (κ1) is 45.4. The number of hydrogen-bond acceptors (Lipinski definition) is 12. The molecule has 5 aromatic carbocycles. The fraction of sp³-hybridized carbons (Fsp3) is 0.500. The van der Waals surface area contributed by atoms with E-state index in [0.717, 1.165) is 35.8 Å². The fourth-order valence-electron chi connectivity index (χ4n) is 8.84. The highest BCUT2D eigenvalue weighted by Gasteiger charge is 2.32. The molecule has 328 valence electrons. The summed E-state index contributed by atoms with van der Waals surface area (Å²) in [6.07, 6.45) is 8.52. The third-order valence-corrected chi connectivity index (χ3v) is 11.6. The maximum Gasteiger partial charge on any atom is 0.310 e. The molecular weight excluding hydrogens is 779 g/mol. The van der Waals surface area contributed by atoms with Gasteiger partial charge in [-0.25, -0.2) is 0 Å². The SMILES string of the molecule is COc1c2c3c4c(c(CCCCCCC(=O)OC[N+](C)(C)C)c(O)c5c(=O)cc(CO)c(c6c(CO)cc(NCCCCCC(=O)OCCN(C)C)c(c1=O)c63)c54)C=C(C)C2. The standard InChI is InChI=1S/C48H61N3O10/c1-28-21-32-31(15-11-8-9-12-17-37(56)61-27-51(4,5)6)46(57)43-35(54)24-30(26-53)39-38-29(25-52)23-34(49-18-14-10-13-16-36(55)60-20-19-50(2)3)42-44(38)41(40(32)45(39)43)33(22-28)48(59-7)47(42)58/h21,23-24,52-53H,8-20,22,25-27H2,1-7H3,(H-,49,54,57,58)/p+1. The highest BCUT2D eigenvalue weighted by molar-refractivity contribution is 6.38. The van der Waals surface area contributed by atoms with E-state index in [-0.39, 0.29) is 34.3 Å². The zero-order chi connectivity index (χ0) is 44.2. The van der Waals surface area contributed by atoms with Crippen molar-refractivity contribution in [2.24, 2.45) is 0 Å². The molecular formula is C48H62N3O10+. The van der Waals surface area contributed by atoms with Gasteiger partial charge in [0.2, 0.25) is 12.2 Å². The van der Waals surface area contributed by atoms with Gasteiger partial charge < -0.3 is 39.7 Å². The van der Waals surface area contributed by atoms with Crippen LogP contribution in [0, 0.1) is 0 Å². The molecule has 0 radical (unpaired) electrons. The number of fused-ring (bicyclic) bond motifs is 1. The Labute approximate surface area is 356 Å². The number of nitrogens with zero attached hydrogens (tertiary/aromatic N) is 2. The fourth-order valence-corrected chi connectivity index (χ4v) is 8.84. The number of phenols is 1. The second-order valence-corrected chi connectivity index (χ2v) is 17.8. The molecule has 61 heavy (non-hydrogen) atoms.